The van der Waals surface area contributed by atoms with Gasteiger partial charge in [-0.2, -0.15) is 5.26 Å². The van der Waals surface area contributed by atoms with Crippen molar-refractivity contribution < 1.29 is 9.59 Å². The van der Waals surface area contributed by atoms with Crippen LogP contribution in [0.15, 0.2) is 24.4 Å². The van der Waals surface area contributed by atoms with Gasteiger partial charge in [0.15, 0.2) is 5.78 Å². The van der Waals surface area contributed by atoms with Crippen molar-refractivity contribution in [3.63, 3.8) is 0 Å². The van der Waals surface area contributed by atoms with Gasteiger partial charge in [-0.1, -0.05) is 6.07 Å². The molecule has 5 heteroatoms. The lowest BCUT2D eigenvalue weighted by Crippen LogP contribution is -2.22. The van der Waals surface area contributed by atoms with Gasteiger partial charge in [0.1, 0.15) is 5.92 Å². The van der Waals surface area contributed by atoms with Crippen LogP contribution in [0.1, 0.15) is 37.8 Å². The van der Waals surface area contributed by atoms with Crippen LogP contribution in [0.4, 0.5) is 0 Å². The summed E-state index contributed by atoms with van der Waals surface area (Å²) in [4.78, 5) is 27.2. The van der Waals surface area contributed by atoms with Gasteiger partial charge in [0.25, 0.3) is 0 Å². The third-order valence-electron chi connectivity index (χ3n) is 2.64. The highest BCUT2D eigenvalue weighted by molar-refractivity contribution is 5.88. The smallest absolute Gasteiger partial charge is 0.219 e. The minimum atomic E-state index is -0.838. The molecule has 0 spiro atoms. The average molecular weight is 259 g/mol. The van der Waals surface area contributed by atoms with Crippen molar-refractivity contribution in [3.05, 3.63) is 30.1 Å². The van der Waals surface area contributed by atoms with Gasteiger partial charge in [0.05, 0.1) is 11.8 Å². The fraction of sp³-hybridized carbons (Fsp3) is 0.429. The Balaban J connectivity index is 2.48. The summed E-state index contributed by atoms with van der Waals surface area (Å²) in [6.07, 6.45) is 2.53. The number of pyridine rings is 1. The van der Waals surface area contributed by atoms with E-state index in [1.807, 2.05) is 13.0 Å². The Labute approximate surface area is 112 Å². The van der Waals surface area contributed by atoms with Crippen LogP contribution in [-0.4, -0.2) is 23.2 Å². The summed E-state index contributed by atoms with van der Waals surface area (Å²) >= 11 is 0. The zero-order valence-corrected chi connectivity index (χ0v) is 10.9. The zero-order chi connectivity index (χ0) is 14.1. The van der Waals surface area contributed by atoms with Crippen LogP contribution < -0.4 is 5.32 Å². The van der Waals surface area contributed by atoms with E-state index < -0.39 is 5.92 Å². The number of nitrogens with zero attached hydrogens (tertiary/aromatic N) is 2. The Bertz CT molecular complexity index is 465. The molecule has 1 heterocycles. The maximum Gasteiger partial charge on any atom is 0.219 e. The summed E-state index contributed by atoms with van der Waals surface area (Å²) in [7, 11) is 0. The molecule has 0 aliphatic rings. The first-order valence-electron chi connectivity index (χ1n) is 6.29. The molecule has 0 saturated carbocycles. The second-order valence-corrected chi connectivity index (χ2v) is 4.09. The third kappa shape index (κ3) is 4.88. The quantitative estimate of drug-likeness (QED) is 0.805. The Morgan fingerprint density at radius 2 is 2.21 bits per heavy atom. The molecule has 1 aromatic heterocycles. The van der Waals surface area contributed by atoms with E-state index in [1.54, 1.807) is 24.4 Å². The molecule has 0 bridgehead atoms. The molecule has 0 radical (unpaired) electrons. The first-order chi connectivity index (χ1) is 9.19. The van der Waals surface area contributed by atoms with Crippen LogP contribution in [0, 0.1) is 11.3 Å². The molecule has 19 heavy (non-hydrogen) atoms. The maximum atomic E-state index is 11.9. The predicted molar refractivity (Wildman–Crippen MR) is 70.1 cm³/mol. The summed E-state index contributed by atoms with van der Waals surface area (Å²) in [6, 6.07) is 7.11. The van der Waals surface area contributed by atoms with Crippen LogP contribution >= 0.6 is 0 Å². The monoisotopic (exact) mass is 259 g/mol. The van der Waals surface area contributed by atoms with Crippen molar-refractivity contribution in [1.29, 1.82) is 5.26 Å². The van der Waals surface area contributed by atoms with E-state index in [0.717, 1.165) is 0 Å². The number of Topliss-reactive ketones (excluding diaryl/α,β-unsaturated/α-hetero) is 1. The molecule has 1 amide bonds. The zero-order valence-electron chi connectivity index (χ0n) is 10.9. The molecule has 0 aliphatic heterocycles. The summed E-state index contributed by atoms with van der Waals surface area (Å²) in [5, 5.41) is 11.7. The van der Waals surface area contributed by atoms with Gasteiger partial charge in [-0.3, -0.25) is 14.6 Å². The van der Waals surface area contributed by atoms with E-state index in [1.165, 1.54) is 0 Å². The average Bonchev–Trinajstić information content (AvgIpc) is 2.41. The van der Waals surface area contributed by atoms with Crippen molar-refractivity contribution in [2.24, 2.45) is 0 Å². The van der Waals surface area contributed by atoms with Gasteiger partial charge in [0.2, 0.25) is 5.91 Å². The molecule has 100 valence electrons. The number of ketones is 1. The molecule has 0 saturated heterocycles. The topological polar surface area (TPSA) is 82.9 Å². The summed E-state index contributed by atoms with van der Waals surface area (Å²) in [5.41, 5.74) is 0.466. The molecular weight excluding hydrogens is 242 g/mol. The van der Waals surface area contributed by atoms with Gasteiger partial charge < -0.3 is 5.32 Å². The lowest BCUT2D eigenvalue weighted by atomic mass is 9.97. The molecule has 1 rings (SSSR count). The lowest BCUT2D eigenvalue weighted by Gasteiger charge is -2.07. The number of hydrogen-bond donors (Lipinski definition) is 1. The van der Waals surface area contributed by atoms with E-state index in [4.69, 9.17) is 5.26 Å². The highest BCUT2D eigenvalue weighted by Crippen LogP contribution is 2.16. The molecule has 1 N–H and O–H groups in total. The standard InChI is InChI=1S/C14H17N3O2/c1-2-16-14(19)8-5-7-13(18)11(10-15)12-6-3-4-9-17-12/h3-4,6,9,11H,2,5,7-8H2,1H3,(H,16,19)/t11-/m0/s1. The van der Waals surface area contributed by atoms with Crippen LogP contribution in [0.5, 0.6) is 0 Å². The van der Waals surface area contributed by atoms with Crippen LogP contribution in [0.2, 0.25) is 0 Å². The fourth-order valence-electron chi connectivity index (χ4n) is 1.70. The number of nitriles is 1. The van der Waals surface area contributed by atoms with Crippen LogP contribution in [-0.2, 0) is 9.59 Å². The minimum absolute atomic E-state index is 0.0679. The number of carbonyl (C=O) groups excluding carboxylic acids is 2. The molecule has 0 unspecified atom stereocenters. The van der Waals surface area contributed by atoms with E-state index >= 15 is 0 Å². The predicted octanol–water partition coefficient (Wildman–Crippen LogP) is 1.56. The number of rotatable bonds is 7. The molecule has 1 aromatic rings. The summed E-state index contributed by atoms with van der Waals surface area (Å²) < 4.78 is 0. The third-order valence-corrected chi connectivity index (χ3v) is 2.64. The number of aromatic nitrogens is 1. The summed E-state index contributed by atoms with van der Waals surface area (Å²) in [5.74, 6) is -1.09. The molecular formula is C14H17N3O2. The first-order valence-corrected chi connectivity index (χ1v) is 6.29. The van der Waals surface area contributed by atoms with E-state index in [0.29, 0.717) is 25.1 Å². The van der Waals surface area contributed by atoms with Crippen molar-refractivity contribution in [1.82, 2.24) is 10.3 Å². The largest absolute Gasteiger partial charge is 0.356 e. The summed E-state index contributed by atoms with van der Waals surface area (Å²) in [6.45, 7) is 2.43. The number of amides is 1. The molecule has 0 aliphatic carbocycles. The van der Waals surface area contributed by atoms with E-state index in [-0.39, 0.29) is 18.1 Å². The molecule has 1 atom stereocenters. The van der Waals surface area contributed by atoms with Gasteiger partial charge >= 0.3 is 0 Å². The number of nitrogens with one attached hydrogen (secondary N) is 1. The molecule has 0 aromatic carbocycles. The SMILES string of the molecule is CCNC(=O)CCCC(=O)[C@@H](C#N)c1ccccn1. The highest BCUT2D eigenvalue weighted by Gasteiger charge is 2.20. The van der Waals surface area contributed by atoms with Crippen molar-refractivity contribution in [2.45, 2.75) is 32.1 Å². The first kappa shape index (κ1) is 14.8. The maximum absolute atomic E-state index is 11.9. The van der Waals surface area contributed by atoms with Gasteiger partial charge in [-0.25, -0.2) is 0 Å². The number of hydrogen-bond acceptors (Lipinski definition) is 4. The van der Waals surface area contributed by atoms with Crippen molar-refractivity contribution >= 4 is 11.7 Å². The van der Waals surface area contributed by atoms with Gasteiger partial charge in [0, 0.05) is 25.6 Å². The fourth-order valence-corrected chi connectivity index (χ4v) is 1.70. The molecule has 0 fully saturated rings. The van der Waals surface area contributed by atoms with Gasteiger partial charge in [-0.15, -0.1) is 0 Å². The molecule has 5 nitrogen and oxygen atoms in total. The minimum Gasteiger partial charge on any atom is -0.356 e. The second kappa shape index (κ2) is 7.98. The Morgan fingerprint density at radius 1 is 1.42 bits per heavy atom. The van der Waals surface area contributed by atoms with E-state index in [9.17, 15) is 9.59 Å². The lowest BCUT2D eigenvalue weighted by molar-refractivity contribution is -0.121. The Kier molecular flexibility index (Phi) is 6.23. The Morgan fingerprint density at radius 3 is 2.79 bits per heavy atom. The van der Waals surface area contributed by atoms with Crippen molar-refractivity contribution in [2.75, 3.05) is 6.54 Å². The van der Waals surface area contributed by atoms with Gasteiger partial charge in [-0.05, 0) is 25.5 Å². The normalized spacial score (nSPS) is 11.4. The number of carbonyl (C=O) groups is 2. The highest BCUT2D eigenvalue weighted by atomic mass is 16.1. The Hall–Kier alpha value is -2.22. The van der Waals surface area contributed by atoms with Crippen LogP contribution in [0.3, 0.4) is 0 Å². The van der Waals surface area contributed by atoms with Crippen LogP contribution in [0.25, 0.3) is 0 Å². The van der Waals surface area contributed by atoms with E-state index in [2.05, 4.69) is 10.3 Å². The second-order valence-electron chi connectivity index (χ2n) is 4.09. The van der Waals surface area contributed by atoms with Crippen molar-refractivity contribution in [3.8, 4) is 6.07 Å².